The molecule has 2 aromatic rings. The fourth-order valence-corrected chi connectivity index (χ4v) is 5.24. The molecule has 0 saturated heterocycles. The zero-order valence-electron chi connectivity index (χ0n) is 21.8. The summed E-state index contributed by atoms with van der Waals surface area (Å²) in [5, 5.41) is 3.74. The average molecular weight is 573 g/mol. The Balaban J connectivity index is 2.23. The molecule has 0 spiro atoms. The summed E-state index contributed by atoms with van der Waals surface area (Å²) in [7, 11) is -2.17. The Morgan fingerprint density at radius 1 is 1.08 bits per heavy atom. The van der Waals surface area contributed by atoms with Crippen molar-refractivity contribution in [1.82, 2.24) is 10.2 Å². The summed E-state index contributed by atoms with van der Waals surface area (Å²) in [5.74, 6) is -0.0514. The summed E-state index contributed by atoms with van der Waals surface area (Å²) in [6, 6.07) is 11.1. The molecule has 2 rings (SSSR count). The molecule has 0 radical (unpaired) electrons. The summed E-state index contributed by atoms with van der Waals surface area (Å²) < 4.78 is 31.4. The van der Waals surface area contributed by atoms with Gasteiger partial charge in [0.2, 0.25) is 21.8 Å². The zero-order chi connectivity index (χ0) is 27.8. The van der Waals surface area contributed by atoms with Crippen LogP contribution in [-0.2, 0) is 26.2 Å². The lowest BCUT2D eigenvalue weighted by molar-refractivity contribution is -0.141. The van der Waals surface area contributed by atoms with E-state index in [1.165, 1.54) is 17.5 Å². The van der Waals surface area contributed by atoms with Crippen LogP contribution in [0.15, 0.2) is 42.5 Å². The van der Waals surface area contributed by atoms with Crippen LogP contribution in [-0.4, -0.2) is 57.1 Å². The number of sulfonamides is 1. The fraction of sp³-hybridized carbons (Fsp3) is 0.462. The van der Waals surface area contributed by atoms with Crippen molar-refractivity contribution in [3.05, 3.63) is 58.1 Å². The third-order valence-corrected chi connectivity index (χ3v) is 7.40. The Labute approximate surface area is 229 Å². The number of anilines is 1. The van der Waals surface area contributed by atoms with E-state index in [1.54, 1.807) is 29.2 Å². The molecule has 0 bridgehead atoms. The number of nitrogens with one attached hydrogen (secondary N) is 1. The van der Waals surface area contributed by atoms with Crippen LogP contribution in [0, 0.1) is 0 Å². The molecule has 0 saturated carbocycles. The van der Waals surface area contributed by atoms with Crippen molar-refractivity contribution in [2.45, 2.75) is 58.7 Å². The van der Waals surface area contributed by atoms with Gasteiger partial charge in [-0.05, 0) is 62.6 Å². The van der Waals surface area contributed by atoms with Gasteiger partial charge < -0.3 is 15.0 Å². The van der Waals surface area contributed by atoms with Crippen molar-refractivity contribution in [2.75, 3.05) is 24.2 Å². The minimum atomic E-state index is -3.64. The van der Waals surface area contributed by atoms with Gasteiger partial charge in [-0.25, -0.2) is 8.42 Å². The van der Waals surface area contributed by atoms with Crippen LogP contribution in [0.3, 0.4) is 0 Å². The number of nitrogens with zero attached hydrogens (tertiary/aromatic N) is 2. The molecule has 37 heavy (non-hydrogen) atoms. The first kappa shape index (κ1) is 30.7. The van der Waals surface area contributed by atoms with Crippen LogP contribution in [0.2, 0.25) is 10.0 Å². The van der Waals surface area contributed by atoms with E-state index in [0.29, 0.717) is 22.9 Å². The lowest BCUT2D eigenvalue weighted by Gasteiger charge is -2.31. The Morgan fingerprint density at radius 2 is 1.73 bits per heavy atom. The van der Waals surface area contributed by atoms with Crippen LogP contribution < -0.4 is 14.4 Å². The maximum Gasteiger partial charge on any atom is 0.243 e. The van der Waals surface area contributed by atoms with E-state index in [0.717, 1.165) is 11.8 Å². The van der Waals surface area contributed by atoms with Crippen molar-refractivity contribution >= 4 is 50.7 Å². The molecule has 1 unspecified atom stereocenters. The maximum absolute atomic E-state index is 13.4. The Morgan fingerprint density at radius 3 is 2.24 bits per heavy atom. The highest BCUT2D eigenvalue weighted by atomic mass is 35.5. The molecule has 1 N–H and O–H groups in total. The SMILES string of the molecule is CCC(C(=O)NC(C)C)N(Cc1ccc(Cl)cc1)C(=O)CCCN(c1ccc(OC)c(Cl)c1)S(C)(=O)=O. The van der Waals surface area contributed by atoms with E-state index in [2.05, 4.69) is 5.32 Å². The number of methoxy groups -OCH3 is 1. The number of ether oxygens (including phenoxy) is 1. The summed E-state index contributed by atoms with van der Waals surface area (Å²) in [6.07, 6.45) is 1.82. The molecule has 0 aliphatic rings. The maximum atomic E-state index is 13.4. The Bertz CT molecular complexity index is 1170. The minimum absolute atomic E-state index is 0.0506. The Kier molecular flexibility index (Phi) is 11.5. The first-order valence-electron chi connectivity index (χ1n) is 12.0. The predicted molar refractivity (Wildman–Crippen MR) is 149 cm³/mol. The number of carbonyl (C=O) groups is 2. The highest BCUT2D eigenvalue weighted by Gasteiger charge is 2.29. The standard InChI is InChI=1S/C26H35Cl2N3O5S/c1-6-23(26(33)29-18(2)3)30(17-19-9-11-20(27)12-10-19)25(32)8-7-15-31(37(5,34)35)21-13-14-24(36-4)22(28)16-21/h9-14,16,18,23H,6-8,15,17H2,1-5H3,(H,29,33). The van der Waals surface area contributed by atoms with Crippen molar-refractivity contribution in [1.29, 1.82) is 0 Å². The first-order chi connectivity index (χ1) is 17.4. The lowest BCUT2D eigenvalue weighted by atomic mass is 10.1. The summed E-state index contributed by atoms with van der Waals surface area (Å²) in [6.45, 7) is 5.87. The van der Waals surface area contributed by atoms with Gasteiger partial charge in [0.25, 0.3) is 0 Å². The monoisotopic (exact) mass is 571 g/mol. The van der Waals surface area contributed by atoms with Gasteiger partial charge in [-0.1, -0.05) is 42.3 Å². The zero-order valence-corrected chi connectivity index (χ0v) is 24.2. The average Bonchev–Trinajstić information content (AvgIpc) is 2.81. The largest absolute Gasteiger partial charge is 0.495 e. The van der Waals surface area contributed by atoms with E-state index in [4.69, 9.17) is 27.9 Å². The number of hydrogen-bond acceptors (Lipinski definition) is 5. The van der Waals surface area contributed by atoms with Gasteiger partial charge in [0.1, 0.15) is 11.8 Å². The van der Waals surface area contributed by atoms with E-state index in [9.17, 15) is 18.0 Å². The summed E-state index contributed by atoms with van der Waals surface area (Å²) in [4.78, 5) is 27.9. The fourth-order valence-electron chi connectivity index (χ4n) is 3.90. The molecular weight excluding hydrogens is 537 g/mol. The van der Waals surface area contributed by atoms with E-state index >= 15 is 0 Å². The second kappa shape index (κ2) is 13.9. The minimum Gasteiger partial charge on any atom is -0.495 e. The molecule has 0 heterocycles. The van der Waals surface area contributed by atoms with Gasteiger partial charge in [-0.2, -0.15) is 0 Å². The van der Waals surface area contributed by atoms with Gasteiger partial charge in [0.15, 0.2) is 0 Å². The van der Waals surface area contributed by atoms with Crippen LogP contribution in [0.4, 0.5) is 5.69 Å². The lowest BCUT2D eigenvalue weighted by Crippen LogP contribution is -2.50. The summed E-state index contributed by atoms with van der Waals surface area (Å²) in [5.41, 5.74) is 1.21. The number of hydrogen-bond donors (Lipinski definition) is 1. The molecular formula is C26H35Cl2N3O5S. The molecule has 1 atom stereocenters. The van der Waals surface area contributed by atoms with Gasteiger partial charge >= 0.3 is 0 Å². The molecule has 0 aliphatic heterocycles. The van der Waals surface area contributed by atoms with Gasteiger partial charge in [0.05, 0.1) is 24.1 Å². The third-order valence-electron chi connectivity index (χ3n) is 5.66. The number of benzene rings is 2. The predicted octanol–water partition coefficient (Wildman–Crippen LogP) is 4.88. The third kappa shape index (κ3) is 9.09. The number of halogens is 2. The van der Waals surface area contributed by atoms with Crippen molar-refractivity contribution < 1.29 is 22.7 Å². The highest BCUT2D eigenvalue weighted by Crippen LogP contribution is 2.30. The smallest absolute Gasteiger partial charge is 0.243 e. The van der Waals surface area contributed by atoms with Crippen LogP contribution in [0.25, 0.3) is 0 Å². The molecule has 0 fully saturated rings. The Hall–Kier alpha value is -2.49. The number of amides is 2. The van der Waals surface area contributed by atoms with E-state index in [-0.39, 0.29) is 48.8 Å². The first-order valence-corrected chi connectivity index (χ1v) is 14.6. The van der Waals surface area contributed by atoms with Crippen LogP contribution in [0.1, 0.15) is 45.6 Å². The van der Waals surface area contributed by atoms with E-state index < -0.39 is 16.1 Å². The number of carbonyl (C=O) groups excluding carboxylic acids is 2. The van der Waals surface area contributed by atoms with E-state index in [1.807, 2.05) is 32.9 Å². The topological polar surface area (TPSA) is 96.0 Å². The molecule has 204 valence electrons. The second-order valence-electron chi connectivity index (χ2n) is 8.99. The van der Waals surface area contributed by atoms with Crippen molar-refractivity contribution in [3.63, 3.8) is 0 Å². The normalized spacial score (nSPS) is 12.2. The van der Waals surface area contributed by atoms with Gasteiger partial charge in [-0.3, -0.25) is 13.9 Å². The van der Waals surface area contributed by atoms with Crippen LogP contribution in [0.5, 0.6) is 5.75 Å². The van der Waals surface area contributed by atoms with Crippen LogP contribution >= 0.6 is 23.2 Å². The molecule has 0 aromatic heterocycles. The summed E-state index contributed by atoms with van der Waals surface area (Å²) >= 11 is 12.2. The molecule has 11 heteroatoms. The van der Waals surface area contributed by atoms with Crippen molar-refractivity contribution in [3.8, 4) is 5.75 Å². The molecule has 8 nitrogen and oxygen atoms in total. The van der Waals surface area contributed by atoms with Crippen molar-refractivity contribution in [2.24, 2.45) is 0 Å². The quantitative estimate of drug-likeness (QED) is 0.369. The van der Waals surface area contributed by atoms with Gasteiger partial charge in [-0.15, -0.1) is 0 Å². The van der Waals surface area contributed by atoms with Gasteiger partial charge in [0, 0.05) is 30.6 Å². The molecule has 2 aromatic carbocycles. The molecule has 2 amide bonds. The second-order valence-corrected chi connectivity index (χ2v) is 11.7. The molecule has 0 aliphatic carbocycles. The highest BCUT2D eigenvalue weighted by molar-refractivity contribution is 7.92. The number of rotatable bonds is 13.